The van der Waals surface area contributed by atoms with Crippen molar-refractivity contribution in [3.63, 3.8) is 0 Å². The second-order valence-electron chi connectivity index (χ2n) is 12.6. The van der Waals surface area contributed by atoms with Crippen LogP contribution in [0.15, 0.2) is 79.4 Å². The van der Waals surface area contributed by atoms with Crippen molar-refractivity contribution < 1.29 is 23.7 Å². The molecule has 2 fully saturated rings. The molecule has 1 N–H and O–H groups in total. The molecule has 6 rings (SSSR count). The third-order valence-electron chi connectivity index (χ3n) is 9.11. The maximum absolute atomic E-state index is 6.59. The molecule has 278 valence electrons. The van der Waals surface area contributed by atoms with E-state index in [2.05, 4.69) is 73.4 Å². The summed E-state index contributed by atoms with van der Waals surface area (Å²) in [5.74, 6) is -0.399. The van der Waals surface area contributed by atoms with Crippen molar-refractivity contribution in [1.29, 1.82) is 0 Å². The summed E-state index contributed by atoms with van der Waals surface area (Å²) in [7, 11) is 3.27. The molecular formula is C37H45Cl2N7O5S. The van der Waals surface area contributed by atoms with Gasteiger partial charge in [-0.05, 0) is 79.3 Å². The van der Waals surface area contributed by atoms with Crippen LogP contribution in [0.4, 0.5) is 17.1 Å². The Kier molecular flexibility index (Phi) is 13.1. The lowest BCUT2D eigenvalue weighted by Gasteiger charge is -2.37. The molecule has 2 saturated heterocycles. The fourth-order valence-corrected chi connectivity index (χ4v) is 7.21. The van der Waals surface area contributed by atoms with Crippen LogP contribution in [0.1, 0.15) is 18.9 Å². The molecule has 52 heavy (non-hydrogen) atoms. The summed E-state index contributed by atoms with van der Waals surface area (Å²) in [5.41, 5.74) is 3.96. The third-order valence-corrected chi connectivity index (χ3v) is 10.0. The third kappa shape index (κ3) is 9.45. The Hall–Kier alpha value is -3.69. The minimum atomic E-state index is -1.16. The Morgan fingerprint density at radius 3 is 2.27 bits per heavy atom. The number of aromatic nitrogens is 3. The van der Waals surface area contributed by atoms with Crippen molar-refractivity contribution in [1.82, 2.24) is 19.7 Å². The highest BCUT2D eigenvalue weighted by molar-refractivity contribution is 7.80. The Bertz CT molecular complexity index is 1730. The van der Waals surface area contributed by atoms with Gasteiger partial charge in [-0.25, -0.2) is 9.67 Å². The van der Waals surface area contributed by atoms with Crippen molar-refractivity contribution in [3.05, 3.63) is 95.0 Å². The van der Waals surface area contributed by atoms with Crippen LogP contribution in [0.5, 0.6) is 5.75 Å². The number of ether oxygens (including phenoxy) is 5. The zero-order chi connectivity index (χ0) is 36.5. The summed E-state index contributed by atoms with van der Waals surface area (Å²) in [6, 6.07) is 21.9. The minimum absolute atomic E-state index is 0.271. The van der Waals surface area contributed by atoms with Gasteiger partial charge in [0.2, 0.25) is 5.79 Å². The monoisotopic (exact) mass is 769 g/mol. The van der Waals surface area contributed by atoms with Gasteiger partial charge in [-0.15, -0.1) is 0 Å². The molecule has 2 atom stereocenters. The molecule has 0 aliphatic carbocycles. The molecule has 2 aliphatic heterocycles. The zero-order valence-corrected chi connectivity index (χ0v) is 31.9. The normalized spacial score (nSPS) is 18.9. The fraction of sp³-hybridized carbons (Fsp3) is 0.432. The number of hydrogen-bond donors (Lipinski definition) is 1. The topological polar surface area (TPSA) is 98.6 Å². The number of halogens is 2. The molecule has 2 aliphatic rings. The Balaban J connectivity index is 0.981. The number of thiocarbonyl (C=S) groups is 1. The van der Waals surface area contributed by atoms with E-state index in [-0.39, 0.29) is 18.9 Å². The second kappa shape index (κ2) is 17.9. The Labute approximate surface area is 320 Å². The largest absolute Gasteiger partial charge is 0.491 e. The van der Waals surface area contributed by atoms with E-state index in [0.29, 0.717) is 40.5 Å². The quantitative estimate of drug-likeness (QED) is 0.109. The molecule has 15 heteroatoms. The number of nitrogens with one attached hydrogen (secondary N) is 1. The number of hydrogen-bond acceptors (Lipinski definition) is 10. The van der Waals surface area contributed by atoms with Gasteiger partial charge in [0, 0.05) is 74.6 Å². The standard InChI is InChI=1S/C37H45Cl2N7O5S/c1-4-15-45(21-35(47-2)48-3)36(52)42-28-6-8-29(9-7-28)43-16-18-44(19-17-43)30-10-12-31(13-11-30)49-22-32-23-50-37(51-32,24-46-26-40-25-41-46)33-14-5-27(38)20-34(33)39/h5-14,20,25-26,32,35H,4,15-19,21-24H2,1-3H3,(H,42,52). The molecule has 12 nitrogen and oxygen atoms in total. The van der Waals surface area contributed by atoms with E-state index >= 15 is 0 Å². The summed E-state index contributed by atoms with van der Waals surface area (Å²) in [4.78, 5) is 10.9. The number of anilines is 3. The van der Waals surface area contributed by atoms with Gasteiger partial charge in [-0.1, -0.05) is 36.2 Å². The van der Waals surface area contributed by atoms with Gasteiger partial charge in [0.05, 0.1) is 18.2 Å². The maximum Gasteiger partial charge on any atom is 0.217 e. The molecular weight excluding hydrogens is 725 g/mol. The van der Waals surface area contributed by atoms with Gasteiger partial charge in [0.15, 0.2) is 11.4 Å². The SMILES string of the molecule is CCCN(CC(OC)OC)C(=S)Nc1ccc(N2CCN(c3ccc(OCC4COC(Cn5cncn5)(c5ccc(Cl)cc5Cl)O4)cc3)CC2)cc1. The Morgan fingerprint density at radius 1 is 1.00 bits per heavy atom. The van der Waals surface area contributed by atoms with Gasteiger partial charge in [-0.2, -0.15) is 5.10 Å². The molecule has 0 bridgehead atoms. The molecule has 4 aromatic rings. The molecule has 0 spiro atoms. The molecule has 0 amide bonds. The van der Waals surface area contributed by atoms with Crippen molar-refractivity contribution in [2.24, 2.45) is 0 Å². The van der Waals surface area contributed by atoms with Crippen LogP contribution in [0.25, 0.3) is 0 Å². The zero-order valence-electron chi connectivity index (χ0n) is 29.6. The first kappa shape index (κ1) is 38.0. The van der Waals surface area contributed by atoms with Crippen molar-refractivity contribution in [2.75, 3.05) is 81.8 Å². The second-order valence-corrected chi connectivity index (χ2v) is 13.9. The van der Waals surface area contributed by atoms with Crippen LogP contribution in [-0.2, 0) is 31.3 Å². The van der Waals surface area contributed by atoms with Crippen molar-refractivity contribution in [2.45, 2.75) is 38.1 Å². The van der Waals surface area contributed by atoms with Crippen LogP contribution >= 0.6 is 35.4 Å². The van der Waals surface area contributed by atoms with E-state index in [9.17, 15) is 0 Å². The lowest BCUT2D eigenvalue weighted by atomic mass is 10.1. The Morgan fingerprint density at radius 2 is 1.67 bits per heavy atom. The van der Waals surface area contributed by atoms with E-state index < -0.39 is 5.79 Å². The van der Waals surface area contributed by atoms with Crippen molar-refractivity contribution in [3.8, 4) is 5.75 Å². The van der Waals surface area contributed by atoms with Gasteiger partial charge in [0.1, 0.15) is 37.7 Å². The smallest absolute Gasteiger partial charge is 0.217 e. The number of piperazine rings is 1. The van der Waals surface area contributed by atoms with Crippen LogP contribution < -0.4 is 19.9 Å². The summed E-state index contributed by atoms with van der Waals surface area (Å²) in [5, 5.41) is 9.25. The predicted molar refractivity (Wildman–Crippen MR) is 208 cm³/mol. The molecule has 3 aromatic carbocycles. The van der Waals surface area contributed by atoms with Gasteiger partial charge < -0.3 is 43.7 Å². The highest BCUT2D eigenvalue weighted by Gasteiger charge is 2.45. The van der Waals surface area contributed by atoms with Crippen LogP contribution in [0, 0.1) is 0 Å². The van der Waals surface area contributed by atoms with E-state index in [4.69, 9.17) is 59.1 Å². The highest BCUT2D eigenvalue weighted by atomic mass is 35.5. The highest BCUT2D eigenvalue weighted by Crippen LogP contribution is 2.40. The van der Waals surface area contributed by atoms with E-state index in [1.165, 1.54) is 12.0 Å². The van der Waals surface area contributed by atoms with Crippen LogP contribution in [0.3, 0.4) is 0 Å². The van der Waals surface area contributed by atoms with E-state index in [1.54, 1.807) is 37.4 Å². The molecule has 3 heterocycles. The van der Waals surface area contributed by atoms with Gasteiger partial charge in [0.25, 0.3) is 0 Å². The molecule has 0 saturated carbocycles. The molecule has 1 aromatic heterocycles. The number of methoxy groups -OCH3 is 2. The first-order chi connectivity index (χ1) is 25.3. The summed E-state index contributed by atoms with van der Waals surface area (Å²) < 4.78 is 31.3. The lowest BCUT2D eigenvalue weighted by Crippen LogP contribution is -2.46. The van der Waals surface area contributed by atoms with Gasteiger partial charge in [-0.3, -0.25) is 0 Å². The average Bonchev–Trinajstić information content (AvgIpc) is 3.83. The summed E-state index contributed by atoms with van der Waals surface area (Å²) in [6.45, 7) is 8.04. The van der Waals surface area contributed by atoms with E-state index in [0.717, 1.165) is 56.3 Å². The summed E-state index contributed by atoms with van der Waals surface area (Å²) in [6.07, 6.45) is 3.38. The van der Waals surface area contributed by atoms with Crippen LogP contribution in [-0.4, -0.2) is 104 Å². The number of benzene rings is 3. The number of nitrogens with zero attached hydrogens (tertiary/aromatic N) is 6. The predicted octanol–water partition coefficient (Wildman–Crippen LogP) is 6.29. The molecule has 0 radical (unpaired) electrons. The summed E-state index contributed by atoms with van der Waals surface area (Å²) >= 11 is 18.5. The fourth-order valence-electron chi connectivity index (χ4n) is 6.38. The first-order valence-electron chi connectivity index (χ1n) is 17.3. The van der Waals surface area contributed by atoms with Crippen molar-refractivity contribution >= 4 is 57.6 Å². The first-order valence-corrected chi connectivity index (χ1v) is 18.5. The minimum Gasteiger partial charge on any atom is -0.491 e. The average molecular weight is 771 g/mol. The van der Waals surface area contributed by atoms with Gasteiger partial charge >= 0.3 is 0 Å². The number of rotatable bonds is 15. The molecule has 2 unspecified atom stereocenters. The maximum atomic E-state index is 6.59. The van der Waals surface area contributed by atoms with Crippen LogP contribution in [0.2, 0.25) is 10.0 Å². The lowest BCUT2D eigenvalue weighted by molar-refractivity contribution is -0.190. The van der Waals surface area contributed by atoms with E-state index in [1.807, 2.05) is 18.2 Å².